The summed E-state index contributed by atoms with van der Waals surface area (Å²) in [5, 5.41) is 27.0. The second kappa shape index (κ2) is 8.52. The number of aromatic hydroxyl groups is 1. The van der Waals surface area contributed by atoms with Gasteiger partial charge in [-0.25, -0.2) is 4.90 Å². The van der Waals surface area contributed by atoms with Gasteiger partial charge in [-0.05, 0) is 35.9 Å². The number of amidine groups is 1. The number of phenols is 1. The minimum atomic E-state index is -0.797. The average Bonchev–Trinajstić information content (AvgIpc) is 2.96. The van der Waals surface area contributed by atoms with Crippen molar-refractivity contribution in [2.45, 2.75) is 11.7 Å². The molecule has 3 rings (SSSR count). The number of nitro benzene ring substituents is 1. The summed E-state index contributed by atoms with van der Waals surface area (Å²) in [6.45, 7) is 0. The summed E-state index contributed by atoms with van der Waals surface area (Å²) in [5.41, 5.74) is 6.39. The van der Waals surface area contributed by atoms with Gasteiger partial charge in [0.2, 0.25) is 11.8 Å². The smallest absolute Gasteiger partial charge is 0.271 e. The highest BCUT2D eigenvalue weighted by Crippen LogP contribution is 2.31. The van der Waals surface area contributed by atoms with E-state index < -0.39 is 22.0 Å². The zero-order chi connectivity index (χ0) is 21.0. The molecule has 2 amide bonds. The van der Waals surface area contributed by atoms with Crippen LogP contribution in [0.15, 0.2) is 58.7 Å². The Balaban J connectivity index is 1.68. The first kappa shape index (κ1) is 20.0. The lowest BCUT2D eigenvalue weighted by Gasteiger charge is -2.14. The third kappa shape index (κ3) is 4.76. The topological polar surface area (TPSA) is 151 Å². The Morgan fingerprint density at radius 1 is 1.28 bits per heavy atom. The lowest BCUT2D eigenvalue weighted by molar-refractivity contribution is -0.384. The SMILES string of the molecule is N/C(=N/N=C\c1ccc(O)cc1)S[C@H]1CC(=O)N(c2cccc([N+](=O)[O-])c2)C1=O. The Morgan fingerprint density at radius 3 is 2.69 bits per heavy atom. The number of hydrogen-bond donors (Lipinski definition) is 2. The number of hydrogen-bond acceptors (Lipinski definition) is 8. The molecule has 1 atom stereocenters. The number of benzene rings is 2. The fraction of sp³-hybridized carbons (Fsp3) is 0.111. The molecule has 0 bridgehead atoms. The van der Waals surface area contributed by atoms with Gasteiger partial charge in [0.15, 0.2) is 5.17 Å². The highest BCUT2D eigenvalue weighted by Gasteiger charge is 2.41. The van der Waals surface area contributed by atoms with Crippen LogP contribution in [0.3, 0.4) is 0 Å². The number of carbonyl (C=O) groups excluding carboxylic acids is 2. The minimum absolute atomic E-state index is 0.00734. The molecule has 0 radical (unpaired) electrons. The lowest BCUT2D eigenvalue weighted by atomic mass is 10.2. The molecule has 0 aliphatic carbocycles. The number of nitro groups is 1. The fourth-order valence-corrected chi connectivity index (χ4v) is 3.41. The molecule has 29 heavy (non-hydrogen) atoms. The Morgan fingerprint density at radius 2 is 2.00 bits per heavy atom. The van der Waals surface area contributed by atoms with Gasteiger partial charge in [-0.15, -0.1) is 5.10 Å². The highest BCUT2D eigenvalue weighted by atomic mass is 32.2. The molecule has 10 nitrogen and oxygen atoms in total. The van der Waals surface area contributed by atoms with E-state index in [1.165, 1.54) is 42.6 Å². The summed E-state index contributed by atoms with van der Waals surface area (Å²) in [6, 6.07) is 11.6. The molecule has 0 saturated carbocycles. The van der Waals surface area contributed by atoms with Crippen molar-refractivity contribution in [1.82, 2.24) is 0 Å². The third-order valence-corrected chi connectivity index (χ3v) is 4.90. The van der Waals surface area contributed by atoms with E-state index in [2.05, 4.69) is 10.2 Å². The van der Waals surface area contributed by atoms with E-state index in [-0.39, 0.29) is 28.7 Å². The quantitative estimate of drug-likeness (QED) is 0.250. The largest absolute Gasteiger partial charge is 0.508 e. The van der Waals surface area contributed by atoms with E-state index in [9.17, 15) is 24.8 Å². The standard InChI is InChI=1S/C18H15N5O5S/c19-18(21-20-10-11-4-6-14(24)7-5-11)29-15-9-16(25)22(17(15)26)12-2-1-3-13(8-12)23(27)28/h1-8,10,15,24H,9H2,(H2,19,21)/b20-10-/t15-/m0/s1. The molecule has 2 aromatic rings. The predicted octanol–water partition coefficient (Wildman–Crippen LogP) is 2.01. The first-order chi connectivity index (χ1) is 13.8. The summed E-state index contributed by atoms with van der Waals surface area (Å²) >= 11 is 0.894. The summed E-state index contributed by atoms with van der Waals surface area (Å²) in [5.74, 6) is -0.881. The summed E-state index contributed by atoms with van der Waals surface area (Å²) in [7, 11) is 0. The van der Waals surface area contributed by atoms with Gasteiger partial charge in [0.25, 0.3) is 5.69 Å². The lowest BCUT2D eigenvalue weighted by Crippen LogP contribution is -2.31. The van der Waals surface area contributed by atoms with Gasteiger partial charge in [-0.1, -0.05) is 17.8 Å². The van der Waals surface area contributed by atoms with Crippen LogP contribution in [0.1, 0.15) is 12.0 Å². The molecule has 1 aliphatic rings. The molecule has 3 N–H and O–H groups in total. The van der Waals surface area contributed by atoms with E-state index in [1.807, 2.05) is 0 Å². The van der Waals surface area contributed by atoms with Crippen molar-refractivity contribution in [3.05, 3.63) is 64.2 Å². The summed E-state index contributed by atoms with van der Waals surface area (Å²) < 4.78 is 0. The summed E-state index contributed by atoms with van der Waals surface area (Å²) in [4.78, 5) is 36.1. The number of rotatable bonds is 5. The number of non-ortho nitro benzene ring substituents is 1. The molecule has 11 heteroatoms. The van der Waals surface area contributed by atoms with Crippen molar-refractivity contribution in [3.63, 3.8) is 0 Å². The second-order valence-corrected chi connectivity index (χ2v) is 7.15. The zero-order valence-electron chi connectivity index (χ0n) is 14.8. The molecule has 1 aliphatic heterocycles. The van der Waals surface area contributed by atoms with Crippen LogP contribution in [0.25, 0.3) is 0 Å². The Kier molecular flexibility index (Phi) is 5.88. The van der Waals surface area contributed by atoms with Crippen molar-refractivity contribution in [3.8, 4) is 5.75 Å². The number of anilines is 1. The monoisotopic (exact) mass is 413 g/mol. The van der Waals surface area contributed by atoms with Crippen molar-refractivity contribution >= 4 is 46.3 Å². The van der Waals surface area contributed by atoms with Crippen molar-refractivity contribution in [2.75, 3.05) is 4.90 Å². The summed E-state index contributed by atoms with van der Waals surface area (Å²) in [6.07, 6.45) is 1.31. The Labute approximate surface area is 168 Å². The van der Waals surface area contributed by atoms with Crippen LogP contribution in [-0.2, 0) is 9.59 Å². The molecular formula is C18H15N5O5S. The Bertz CT molecular complexity index is 1020. The van der Waals surface area contributed by atoms with Crippen LogP contribution in [0, 0.1) is 10.1 Å². The van der Waals surface area contributed by atoms with Gasteiger partial charge in [-0.2, -0.15) is 5.10 Å². The van der Waals surface area contributed by atoms with Crippen LogP contribution in [-0.4, -0.2) is 38.5 Å². The van der Waals surface area contributed by atoms with Crippen LogP contribution in [0.4, 0.5) is 11.4 Å². The minimum Gasteiger partial charge on any atom is -0.508 e. The van der Waals surface area contributed by atoms with Crippen LogP contribution in [0.2, 0.25) is 0 Å². The first-order valence-corrected chi connectivity index (χ1v) is 9.16. The molecule has 1 fully saturated rings. The molecular weight excluding hydrogens is 398 g/mol. The number of amides is 2. The number of nitrogens with two attached hydrogens (primary N) is 1. The molecule has 2 aromatic carbocycles. The van der Waals surface area contributed by atoms with Crippen LogP contribution in [0.5, 0.6) is 5.75 Å². The second-order valence-electron chi connectivity index (χ2n) is 5.93. The van der Waals surface area contributed by atoms with Crippen molar-refractivity contribution in [2.24, 2.45) is 15.9 Å². The van der Waals surface area contributed by atoms with E-state index in [1.54, 1.807) is 12.1 Å². The van der Waals surface area contributed by atoms with E-state index in [0.717, 1.165) is 16.7 Å². The average molecular weight is 413 g/mol. The molecule has 1 saturated heterocycles. The van der Waals surface area contributed by atoms with E-state index in [4.69, 9.17) is 5.73 Å². The van der Waals surface area contributed by atoms with Crippen molar-refractivity contribution in [1.29, 1.82) is 0 Å². The molecule has 0 spiro atoms. The van der Waals surface area contributed by atoms with Crippen LogP contribution >= 0.6 is 11.8 Å². The highest BCUT2D eigenvalue weighted by molar-refractivity contribution is 8.14. The zero-order valence-corrected chi connectivity index (χ0v) is 15.7. The van der Waals surface area contributed by atoms with Crippen LogP contribution < -0.4 is 10.6 Å². The number of imide groups is 1. The van der Waals surface area contributed by atoms with Gasteiger partial charge >= 0.3 is 0 Å². The van der Waals surface area contributed by atoms with Gasteiger partial charge < -0.3 is 10.8 Å². The Hall–Kier alpha value is -3.73. The maximum atomic E-state index is 12.6. The molecule has 1 heterocycles. The third-order valence-electron chi connectivity index (χ3n) is 3.92. The molecule has 148 valence electrons. The number of phenolic OH excluding ortho intramolecular Hbond substituents is 1. The van der Waals surface area contributed by atoms with Gasteiger partial charge in [0.1, 0.15) is 11.0 Å². The fourth-order valence-electron chi connectivity index (χ4n) is 2.60. The van der Waals surface area contributed by atoms with Crippen molar-refractivity contribution < 1.29 is 19.6 Å². The number of carbonyl (C=O) groups is 2. The number of thioether (sulfide) groups is 1. The first-order valence-electron chi connectivity index (χ1n) is 8.28. The molecule has 0 unspecified atom stereocenters. The van der Waals surface area contributed by atoms with Gasteiger partial charge in [-0.3, -0.25) is 19.7 Å². The maximum absolute atomic E-state index is 12.6. The number of nitrogens with zero attached hydrogens (tertiary/aromatic N) is 4. The van der Waals surface area contributed by atoms with Gasteiger partial charge in [0, 0.05) is 18.6 Å². The maximum Gasteiger partial charge on any atom is 0.271 e. The predicted molar refractivity (Wildman–Crippen MR) is 109 cm³/mol. The van der Waals surface area contributed by atoms with E-state index >= 15 is 0 Å². The van der Waals surface area contributed by atoms with E-state index in [0.29, 0.717) is 5.56 Å². The van der Waals surface area contributed by atoms with Gasteiger partial charge in [0.05, 0.1) is 16.8 Å². The molecule has 0 aromatic heterocycles. The normalized spacial score (nSPS) is 17.3.